The molecule has 0 radical (unpaired) electrons. The summed E-state index contributed by atoms with van der Waals surface area (Å²) in [6, 6.07) is 0. The summed E-state index contributed by atoms with van der Waals surface area (Å²) in [6.45, 7) is 2.92. The van der Waals surface area contributed by atoms with Crippen LogP contribution in [0.2, 0.25) is 0 Å². The van der Waals surface area contributed by atoms with Gasteiger partial charge in [-0.2, -0.15) is 0 Å². The highest BCUT2D eigenvalue weighted by molar-refractivity contribution is 4.89. The van der Waals surface area contributed by atoms with Gasteiger partial charge in [0.1, 0.15) is 18.3 Å². The molecular formula is C9H17O6-. The van der Waals surface area contributed by atoms with Crippen molar-refractivity contribution in [1.29, 1.82) is 0 Å². The summed E-state index contributed by atoms with van der Waals surface area (Å²) in [7, 11) is 0. The smallest absolute Gasteiger partial charge is 0.111 e. The molecule has 0 aromatic carbocycles. The normalized spacial score (nSPS) is 42.2. The average Bonchev–Trinajstić information content (AvgIpc) is 2.18. The van der Waals surface area contributed by atoms with E-state index in [1.165, 1.54) is 0 Å². The van der Waals surface area contributed by atoms with Crippen molar-refractivity contribution in [3.05, 3.63) is 0 Å². The quantitative estimate of drug-likeness (QED) is 0.490. The molecule has 1 saturated heterocycles. The Morgan fingerprint density at radius 1 is 1.33 bits per heavy atom. The number of hydrogen-bond acceptors (Lipinski definition) is 6. The molecular weight excluding hydrogens is 204 g/mol. The van der Waals surface area contributed by atoms with Gasteiger partial charge in [0.2, 0.25) is 0 Å². The standard InChI is InChI=1S/C9H17O6/c1-4(2)14-8-7(12)6(11)5(3-10)15-9(8)13/h4-12H,3H2,1-2H3/q-1/t5-,6+,7+,8-,9-/m1/s1. The first-order valence-corrected chi connectivity index (χ1v) is 4.91. The lowest BCUT2D eigenvalue weighted by Gasteiger charge is -2.46. The van der Waals surface area contributed by atoms with E-state index in [9.17, 15) is 15.3 Å². The van der Waals surface area contributed by atoms with E-state index in [1.54, 1.807) is 13.8 Å². The van der Waals surface area contributed by atoms with Crippen molar-refractivity contribution in [2.75, 3.05) is 6.61 Å². The zero-order valence-electron chi connectivity index (χ0n) is 8.74. The summed E-state index contributed by atoms with van der Waals surface area (Å²) in [5, 5.41) is 39.3. The summed E-state index contributed by atoms with van der Waals surface area (Å²) in [5.74, 6) is 0. The summed E-state index contributed by atoms with van der Waals surface area (Å²) in [6.07, 6.45) is -6.63. The van der Waals surface area contributed by atoms with Crippen LogP contribution >= 0.6 is 0 Å². The summed E-state index contributed by atoms with van der Waals surface area (Å²) in [5.41, 5.74) is 0. The Kier molecular flexibility index (Phi) is 4.45. The molecule has 90 valence electrons. The Bertz CT molecular complexity index is 197. The largest absolute Gasteiger partial charge is 0.829 e. The number of rotatable bonds is 3. The number of ether oxygens (including phenoxy) is 2. The van der Waals surface area contributed by atoms with Crippen molar-refractivity contribution >= 4 is 0 Å². The molecule has 0 aliphatic carbocycles. The molecule has 0 bridgehead atoms. The minimum atomic E-state index is -1.59. The second-order valence-electron chi connectivity index (χ2n) is 3.86. The molecule has 15 heavy (non-hydrogen) atoms. The van der Waals surface area contributed by atoms with Crippen molar-refractivity contribution in [2.45, 2.75) is 50.7 Å². The summed E-state index contributed by atoms with van der Waals surface area (Å²) < 4.78 is 9.94. The molecule has 1 aliphatic rings. The van der Waals surface area contributed by atoms with Gasteiger partial charge in [0.25, 0.3) is 0 Å². The SMILES string of the molecule is CC(C)O[C@@H]1[C@@H](O)[C@@H](O)[C@@H](CO)O[C@H]1[O-]. The van der Waals surface area contributed by atoms with Gasteiger partial charge in [-0.1, -0.05) is 0 Å². The first kappa shape index (κ1) is 12.8. The molecule has 1 fully saturated rings. The maximum atomic E-state index is 11.4. The van der Waals surface area contributed by atoms with Crippen LogP contribution in [0.1, 0.15) is 13.8 Å². The highest BCUT2D eigenvalue weighted by Gasteiger charge is 2.40. The molecule has 0 spiro atoms. The van der Waals surface area contributed by atoms with Crippen LogP contribution in [0.25, 0.3) is 0 Å². The van der Waals surface area contributed by atoms with Gasteiger partial charge in [-0.05, 0) is 13.8 Å². The molecule has 1 rings (SSSR count). The maximum absolute atomic E-state index is 11.4. The molecule has 0 saturated carbocycles. The monoisotopic (exact) mass is 221 g/mol. The third-order valence-electron chi connectivity index (χ3n) is 2.25. The van der Waals surface area contributed by atoms with Gasteiger partial charge in [-0.15, -0.1) is 0 Å². The molecule has 6 heteroatoms. The first-order chi connectivity index (χ1) is 6.97. The second-order valence-corrected chi connectivity index (χ2v) is 3.86. The van der Waals surface area contributed by atoms with E-state index in [0.29, 0.717) is 0 Å². The highest BCUT2D eigenvalue weighted by Crippen LogP contribution is 2.21. The van der Waals surface area contributed by atoms with Gasteiger partial charge in [0, 0.05) is 6.29 Å². The van der Waals surface area contributed by atoms with Crippen molar-refractivity contribution < 1.29 is 29.9 Å². The van der Waals surface area contributed by atoms with Crippen LogP contribution in [0, 0.1) is 0 Å². The fourth-order valence-corrected chi connectivity index (χ4v) is 1.52. The number of aliphatic hydroxyl groups excluding tert-OH is 3. The lowest BCUT2D eigenvalue weighted by atomic mass is 9.99. The molecule has 1 aliphatic heterocycles. The Balaban J connectivity index is 2.66. The van der Waals surface area contributed by atoms with E-state index in [2.05, 4.69) is 0 Å². The Morgan fingerprint density at radius 2 is 1.93 bits per heavy atom. The van der Waals surface area contributed by atoms with E-state index in [-0.39, 0.29) is 6.10 Å². The van der Waals surface area contributed by atoms with Crippen molar-refractivity contribution in [1.82, 2.24) is 0 Å². The van der Waals surface area contributed by atoms with Crippen LogP contribution in [-0.4, -0.2) is 58.7 Å². The number of aliphatic hydroxyl groups is 3. The molecule has 0 aromatic heterocycles. The van der Waals surface area contributed by atoms with E-state index in [4.69, 9.17) is 14.6 Å². The fraction of sp³-hybridized carbons (Fsp3) is 1.00. The van der Waals surface area contributed by atoms with Crippen molar-refractivity contribution in [3.8, 4) is 0 Å². The fourth-order valence-electron chi connectivity index (χ4n) is 1.52. The van der Waals surface area contributed by atoms with Crippen molar-refractivity contribution in [3.63, 3.8) is 0 Å². The molecule has 0 aromatic rings. The molecule has 1 heterocycles. The Morgan fingerprint density at radius 3 is 2.40 bits per heavy atom. The van der Waals surface area contributed by atoms with E-state index in [1.807, 2.05) is 0 Å². The predicted octanol–water partition coefficient (Wildman–Crippen LogP) is -2.42. The van der Waals surface area contributed by atoms with Gasteiger partial charge in [-0.3, -0.25) is 0 Å². The molecule has 0 amide bonds. The Labute approximate surface area is 88.1 Å². The van der Waals surface area contributed by atoms with Crippen LogP contribution in [0.5, 0.6) is 0 Å². The topological polar surface area (TPSA) is 102 Å². The van der Waals surface area contributed by atoms with E-state index >= 15 is 0 Å². The lowest BCUT2D eigenvalue weighted by Crippen LogP contribution is -2.63. The van der Waals surface area contributed by atoms with Gasteiger partial charge in [0.05, 0.1) is 18.8 Å². The zero-order chi connectivity index (χ0) is 11.6. The average molecular weight is 221 g/mol. The number of hydrogen-bond donors (Lipinski definition) is 3. The summed E-state index contributed by atoms with van der Waals surface area (Å²) in [4.78, 5) is 0. The van der Waals surface area contributed by atoms with Gasteiger partial charge < -0.3 is 29.9 Å². The third-order valence-corrected chi connectivity index (χ3v) is 2.25. The molecule has 0 unspecified atom stereocenters. The first-order valence-electron chi connectivity index (χ1n) is 4.91. The second kappa shape index (κ2) is 5.20. The van der Waals surface area contributed by atoms with Crippen LogP contribution < -0.4 is 5.11 Å². The Hall–Kier alpha value is -0.240. The minimum Gasteiger partial charge on any atom is -0.829 e. The maximum Gasteiger partial charge on any atom is 0.111 e. The van der Waals surface area contributed by atoms with E-state index < -0.39 is 37.3 Å². The van der Waals surface area contributed by atoms with E-state index in [0.717, 1.165) is 0 Å². The molecule has 3 N–H and O–H groups in total. The molecule has 5 atom stereocenters. The van der Waals surface area contributed by atoms with Crippen LogP contribution in [0.15, 0.2) is 0 Å². The third kappa shape index (κ3) is 2.87. The van der Waals surface area contributed by atoms with Gasteiger partial charge in [0.15, 0.2) is 0 Å². The lowest BCUT2D eigenvalue weighted by molar-refractivity contribution is -0.535. The van der Waals surface area contributed by atoms with Crippen LogP contribution in [0.3, 0.4) is 0 Å². The van der Waals surface area contributed by atoms with Crippen LogP contribution in [-0.2, 0) is 9.47 Å². The zero-order valence-corrected chi connectivity index (χ0v) is 8.74. The minimum absolute atomic E-state index is 0.248. The van der Waals surface area contributed by atoms with Crippen LogP contribution in [0.4, 0.5) is 0 Å². The van der Waals surface area contributed by atoms with Gasteiger partial charge >= 0.3 is 0 Å². The summed E-state index contributed by atoms with van der Waals surface area (Å²) >= 11 is 0. The van der Waals surface area contributed by atoms with Gasteiger partial charge in [-0.25, -0.2) is 0 Å². The van der Waals surface area contributed by atoms with Crippen molar-refractivity contribution in [2.24, 2.45) is 0 Å². The highest BCUT2D eigenvalue weighted by atomic mass is 16.7. The predicted molar refractivity (Wildman–Crippen MR) is 47.8 cm³/mol. The molecule has 6 nitrogen and oxygen atoms in total.